The van der Waals surface area contributed by atoms with Crippen LogP contribution in [0.15, 0.2) is 30.5 Å². The fourth-order valence-corrected chi connectivity index (χ4v) is 2.99. The van der Waals surface area contributed by atoms with E-state index in [0.29, 0.717) is 16.0 Å². The predicted molar refractivity (Wildman–Crippen MR) is 87.8 cm³/mol. The minimum atomic E-state index is 0.552. The highest BCUT2D eigenvalue weighted by Crippen LogP contribution is 2.25. The zero-order valence-corrected chi connectivity index (χ0v) is 13.0. The molecule has 1 N–H and O–H groups in total. The Bertz CT molecular complexity index is 607. The molecule has 4 nitrogen and oxygen atoms in total. The van der Waals surface area contributed by atoms with Crippen LogP contribution in [0.2, 0.25) is 10.0 Å². The molecule has 1 aliphatic rings. The van der Waals surface area contributed by atoms with Crippen LogP contribution in [0.5, 0.6) is 0 Å². The molecular weight excluding hydrogens is 307 g/mol. The van der Waals surface area contributed by atoms with Crippen molar-refractivity contribution in [3.8, 4) is 0 Å². The smallest absolute Gasteiger partial charge is 0.229 e. The zero-order valence-electron chi connectivity index (χ0n) is 11.5. The maximum absolute atomic E-state index is 6.00. The summed E-state index contributed by atoms with van der Waals surface area (Å²) in [7, 11) is 0. The highest BCUT2D eigenvalue weighted by Gasteiger charge is 2.12. The largest absolute Gasteiger partial charge is 0.356 e. The molecule has 0 aliphatic carbocycles. The molecule has 0 atom stereocenters. The van der Waals surface area contributed by atoms with Gasteiger partial charge in [0.1, 0.15) is 5.82 Å². The minimum absolute atomic E-state index is 0.552. The summed E-state index contributed by atoms with van der Waals surface area (Å²) in [5, 5.41) is 4.31. The van der Waals surface area contributed by atoms with E-state index in [1.54, 1.807) is 24.4 Å². The van der Waals surface area contributed by atoms with E-state index in [1.165, 1.54) is 19.3 Å². The Balaban J connectivity index is 1.79. The molecule has 6 heteroatoms. The average Bonchev–Trinajstić information content (AvgIpc) is 2.47. The zero-order chi connectivity index (χ0) is 14.7. The molecule has 1 aromatic carbocycles. The molecule has 1 aliphatic heterocycles. The van der Waals surface area contributed by atoms with E-state index in [2.05, 4.69) is 20.2 Å². The van der Waals surface area contributed by atoms with Gasteiger partial charge in [0, 0.05) is 35.0 Å². The Morgan fingerprint density at radius 3 is 2.43 bits per heavy atom. The third-order valence-electron chi connectivity index (χ3n) is 3.44. The van der Waals surface area contributed by atoms with E-state index in [9.17, 15) is 0 Å². The molecule has 1 saturated heterocycles. The van der Waals surface area contributed by atoms with E-state index in [1.807, 2.05) is 6.07 Å². The lowest BCUT2D eigenvalue weighted by molar-refractivity contribution is 0.573. The summed E-state index contributed by atoms with van der Waals surface area (Å²) in [6, 6.07) is 7.23. The van der Waals surface area contributed by atoms with Gasteiger partial charge in [-0.2, -0.15) is 4.98 Å². The van der Waals surface area contributed by atoms with Gasteiger partial charge in [-0.3, -0.25) is 0 Å². The van der Waals surface area contributed by atoms with Gasteiger partial charge >= 0.3 is 0 Å². The molecule has 0 radical (unpaired) electrons. The summed E-state index contributed by atoms with van der Waals surface area (Å²) in [5.74, 6) is 1.51. The molecule has 0 spiro atoms. The molecule has 2 aromatic rings. The van der Waals surface area contributed by atoms with Gasteiger partial charge in [0.15, 0.2) is 0 Å². The average molecular weight is 323 g/mol. The van der Waals surface area contributed by atoms with Crippen molar-refractivity contribution < 1.29 is 0 Å². The topological polar surface area (TPSA) is 41.1 Å². The van der Waals surface area contributed by atoms with Crippen LogP contribution in [0.3, 0.4) is 0 Å². The Morgan fingerprint density at radius 1 is 1.00 bits per heavy atom. The standard InChI is InChI=1S/C15H16Cl2N4/c16-11-8-12(17)10-13(9-11)19-15-18-5-4-14(20-15)21-6-2-1-3-7-21/h4-5,8-10H,1-3,6-7H2,(H,18,19,20). The third-order valence-corrected chi connectivity index (χ3v) is 3.88. The van der Waals surface area contributed by atoms with E-state index < -0.39 is 0 Å². The number of rotatable bonds is 3. The van der Waals surface area contributed by atoms with E-state index in [4.69, 9.17) is 23.2 Å². The molecule has 110 valence electrons. The Kier molecular flexibility index (Phi) is 4.46. The van der Waals surface area contributed by atoms with Crippen molar-refractivity contribution in [1.29, 1.82) is 0 Å². The number of aromatic nitrogens is 2. The number of hydrogen-bond acceptors (Lipinski definition) is 4. The van der Waals surface area contributed by atoms with Crippen LogP contribution in [0, 0.1) is 0 Å². The highest BCUT2D eigenvalue weighted by atomic mass is 35.5. The fraction of sp³-hybridized carbons (Fsp3) is 0.333. The molecule has 0 saturated carbocycles. The van der Waals surface area contributed by atoms with Crippen molar-refractivity contribution in [2.45, 2.75) is 19.3 Å². The summed E-state index contributed by atoms with van der Waals surface area (Å²) in [5.41, 5.74) is 0.781. The highest BCUT2D eigenvalue weighted by molar-refractivity contribution is 6.35. The summed E-state index contributed by atoms with van der Waals surface area (Å²) in [4.78, 5) is 11.1. The van der Waals surface area contributed by atoms with E-state index in [-0.39, 0.29) is 0 Å². The number of anilines is 3. The van der Waals surface area contributed by atoms with Gasteiger partial charge in [-0.25, -0.2) is 4.98 Å². The number of benzene rings is 1. The molecule has 0 unspecified atom stereocenters. The molecule has 2 heterocycles. The molecule has 0 amide bonds. The summed E-state index contributed by atoms with van der Waals surface area (Å²) in [6.07, 6.45) is 5.51. The van der Waals surface area contributed by atoms with Crippen LogP contribution in [-0.2, 0) is 0 Å². The van der Waals surface area contributed by atoms with Crippen molar-refractivity contribution >= 4 is 40.7 Å². The molecule has 1 fully saturated rings. The monoisotopic (exact) mass is 322 g/mol. The van der Waals surface area contributed by atoms with Gasteiger partial charge in [0.05, 0.1) is 0 Å². The SMILES string of the molecule is Clc1cc(Cl)cc(Nc2nccc(N3CCCCC3)n2)c1. The quantitative estimate of drug-likeness (QED) is 0.902. The normalized spacial score (nSPS) is 15.0. The second-order valence-corrected chi connectivity index (χ2v) is 5.94. The number of nitrogens with zero attached hydrogens (tertiary/aromatic N) is 3. The molecule has 1 aromatic heterocycles. The number of halogens is 2. The first kappa shape index (κ1) is 14.4. The second kappa shape index (κ2) is 6.50. The first-order valence-corrected chi connectivity index (χ1v) is 7.77. The van der Waals surface area contributed by atoms with Gasteiger partial charge in [-0.15, -0.1) is 0 Å². The maximum atomic E-state index is 6.00. The van der Waals surface area contributed by atoms with Crippen molar-refractivity contribution in [1.82, 2.24) is 9.97 Å². The molecule has 0 bridgehead atoms. The first-order chi connectivity index (χ1) is 10.2. The lowest BCUT2D eigenvalue weighted by atomic mass is 10.1. The van der Waals surface area contributed by atoms with Gasteiger partial charge in [-0.05, 0) is 43.5 Å². The Labute approximate surface area is 134 Å². The number of piperidine rings is 1. The lowest BCUT2D eigenvalue weighted by Gasteiger charge is -2.27. The molecule has 21 heavy (non-hydrogen) atoms. The number of nitrogens with one attached hydrogen (secondary N) is 1. The second-order valence-electron chi connectivity index (χ2n) is 5.07. The van der Waals surface area contributed by atoms with Crippen LogP contribution < -0.4 is 10.2 Å². The summed E-state index contributed by atoms with van der Waals surface area (Å²) < 4.78 is 0. The van der Waals surface area contributed by atoms with Gasteiger partial charge in [0.25, 0.3) is 0 Å². The lowest BCUT2D eigenvalue weighted by Crippen LogP contribution is -2.30. The van der Waals surface area contributed by atoms with Crippen molar-refractivity contribution in [3.63, 3.8) is 0 Å². The van der Waals surface area contributed by atoms with Gasteiger partial charge < -0.3 is 10.2 Å². The fourth-order valence-electron chi connectivity index (χ4n) is 2.46. The molecular formula is C15H16Cl2N4. The van der Waals surface area contributed by atoms with Crippen LogP contribution >= 0.6 is 23.2 Å². The van der Waals surface area contributed by atoms with Crippen LogP contribution in [-0.4, -0.2) is 23.1 Å². The Morgan fingerprint density at radius 2 is 1.71 bits per heavy atom. The van der Waals surface area contributed by atoms with Crippen molar-refractivity contribution in [2.75, 3.05) is 23.3 Å². The summed E-state index contributed by atoms with van der Waals surface area (Å²) in [6.45, 7) is 2.11. The van der Waals surface area contributed by atoms with Crippen molar-refractivity contribution in [2.24, 2.45) is 0 Å². The molecule has 3 rings (SSSR count). The summed E-state index contributed by atoms with van der Waals surface area (Å²) >= 11 is 12.0. The predicted octanol–water partition coefficient (Wildman–Crippen LogP) is 4.52. The van der Waals surface area contributed by atoms with Crippen LogP contribution in [0.1, 0.15) is 19.3 Å². The first-order valence-electron chi connectivity index (χ1n) is 7.02. The Hall–Kier alpha value is -1.52. The van der Waals surface area contributed by atoms with E-state index in [0.717, 1.165) is 24.6 Å². The van der Waals surface area contributed by atoms with E-state index >= 15 is 0 Å². The van der Waals surface area contributed by atoms with Crippen molar-refractivity contribution in [3.05, 3.63) is 40.5 Å². The van der Waals surface area contributed by atoms with Crippen LogP contribution in [0.4, 0.5) is 17.5 Å². The third kappa shape index (κ3) is 3.77. The number of hydrogen-bond donors (Lipinski definition) is 1. The van der Waals surface area contributed by atoms with Gasteiger partial charge in [0.2, 0.25) is 5.95 Å². The van der Waals surface area contributed by atoms with Gasteiger partial charge in [-0.1, -0.05) is 23.2 Å². The van der Waals surface area contributed by atoms with Crippen LogP contribution in [0.25, 0.3) is 0 Å². The minimum Gasteiger partial charge on any atom is -0.356 e. The maximum Gasteiger partial charge on any atom is 0.229 e.